The summed E-state index contributed by atoms with van der Waals surface area (Å²) in [6.07, 6.45) is 3.97. The van der Waals surface area contributed by atoms with Gasteiger partial charge in [-0.05, 0) is 30.5 Å². The van der Waals surface area contributed by atoms with Crippen LogP contribution in [0.1, 0.15) is 12.5 Å². The van der Waals surface area contributed by atoms with Crippen LogP contribution in [0.2, 0.25) is 0 Å². The van der Waals surface area contributed by atoms with E-state index in [1.807, 2.05) is 43.3 Å². The monoisotopic (exact) mass is 449 g/mol. The Kier molecular flexibility index (Phi) is 6.67. The van der Waals surface area contributed by atoms with Crippen LogP contribution in [-0.4, -0.2) is 82.7 Å². The topological polar surface area (TPSA) is 103 Å². The molecule has 1 N–H and O–H groups in total. The number of pyridine rings is 1. The van der Waals surface area contributed by atoms with Gasteiger partial charge in [0.1, 0.15) is 6.54 Å². The number of likely N-dealkylation sites (N-methyl/N-ethyl adjacent to an activating group) is 1. The summed E-state index contributed by atoms with van der Waals surface area (Å²) < 4.78 is 0. The number of urea groups is 1. The minimum atomic E-state index is -0.559. The molecule has 5 amide bonds. The third-order valence-corrected chi connectivity index (χ3v) is 6.16. The predicted octanol–water partition coefficient (Wildman–Crippen LogP) is 1.15. The van der Waals surface area contributed by atoms with Crippen molar-refractivity contribution in [1.82, 2.24) is 25.0 Å². The fourth-order valence-corrected chi connectivity index (χ4v) is 4.36. The molecule has 0 unspecified atom stereocenters. The number of nitrogens with zero attached hydrogens (tertiary/aromatic N) is 4. The lowest BCUT2D eigenvalue weighted by molar-refractivity contribution is -0.137. The van der Waals surface area contributed by atoms with E-state index in [9.17, 15) is 19.2 Å². The van der Waals surface area contributed by atoms with Gasteiger partial charge in [-0.3, -0.25) is 24.3 Å². The maximum absolute atomic E-state index is 13.3. The highest BCUT2D eigenvalue weighted by atomic mass is 16.2. The van der Waals surface area contributed by atoms with E-state index in [2.05, 4.69) is 10.3 Å². The van der Waals surface area contributed by atoms with Crippen molar-refractivity contribution in [1.29, 1.82) is 0 Å². The van der Waals surface area contributed by atoms with Gasteiger partial charge < -0.3 is 15.1 Å². The molecule has 9 heteroatoms. The molecule has 1 aromatic heterocycles. The number of hydrogen-bond donors (Lipinski definition) is 1. The maximum atomic E-state index is 13.3. The first-order chi connectivity index (χ1) is 16.0. The first kappa shape index (κ1) is 22.4. The van der Waals surface area contributed by atoms with Gasteiger partial charge >= 0.3 is 6.03 Å². The second-order valence-corrected chi connectivity index (χ2v) is 8.20. The van der Waals surface area contributed by atoms with Crippen molar-refractivity contribution >= 4 is 23.8 Å². The molecule has 2 fully saturated rings. The van der Waals surface area contributed by atoms with E-state index in [0.717, 1.165) is 21.6 Å². The number of carbonyl (C=O) groups is 4. The van der Waals surface area contributed by atoms with Crippen molar-refractivity contribution in [3.05, 3.63) is 54.4 Å². The summed E-state index contributed by atoms with van der Waals surface area (Å²) >= 11 is 0. The molecule has 0 aliphatic carbocycles. The summed E-state index contributed by atoms with van der Waals surface area (Å²) in [5.41, 5.74) is 2.97. The molecule has 4 rings (SSSR count). The van der Waals surface area contributed by atoms with Gasteiger partial charge in [-0.25, -0.2) is 4.79 Å². The Morgan fingerprint density at radius 3 is 2.64 bits per heavy atom. The highest BCUT2D eigenvalue weighted by Gasteiger charge is 2.35. The summed E-state index contributed by atoms with van der Waals surface area (Å²) in [5, 5.41) is 2.43. The van der Waals surface area contributed by atoms with Crippen molar-refractivity contribution < 1.29 is 19.2 Å². The van der Waals surface area contributed by atoms with Gasteiger partial charge in [0.05, 0.1) is 12.5 Å². The fraction of sp³-hybridized carbons (Fsp3) is 0.375. The molecule has 9 nitrogen and oxygen atoms in total. The zero-order chi connectivity index (χ0) is 23.4. The molecule has 1 aromatic carbocycles. The average Bonchev–Trinajstić information content (AvgIpc) is 3.05. The number of hydrogen-bond acceptors (Lipinski definition) is 5. The van der Waals surface area contributed by atoms with E-state index in [1.165, 1.54) is 0 Å². The number of nitrogens with one attached hydrogen (secondary N) is 1. The minimum absolute atomic E-state index is 0.00350. The largest absolute Gasteiger partial charge is 0.341 e. The lowest BCUT2D eigenvalue weighted by Crippen LogP contribution is -2.45. The van der Waals surface area contributed by atoms with Gasteiger partial charge in [0.2, 0.25) is 11.8 Å². The highest BCUT2D eigenvalue weighted by molar-refractivity contribution is 6.04. The second kappa shape index (κ2) is 9.81. The molecule has 2 aromatic rings. The van der Waals surface area contributed by atoms with E-state index < -0.39 is 17.9 Å². The Bertz CT molecular complexity index is 1040. The molecule has 1 atom stereocenters. The predicted molar refractivity (Wildman–Crippen MR) is 121 cm³/mol. The summed E-state index contributed by atoms with van der Waals surface area (Å²) in [6, 6.07) is 11.2. The Hall–Kier alpha value is -3.75. The lowest BCUT2D eigenvalue weighted by atomic mass is 9.91. The molecule has 0 bridgehead atoms. The standard InChI is InChI=1S/C24H27N5O4/c1-2-27-10-11-28(22(31)16-29-21(30)14-26-24(29)33)15-19(23(27)32)12-17-6-3-4-8-20(17)18-7-5-9-25-13-18/h3-9,13,19H,2,10-12,14-16H2,1H3,(H,26,33)/t19-/m0/s1. The molecule has 2 aliphatic heterocycles. The van der Waals surface area contributed by atoms with Crippen LogP contribution in [0, 0.1) is 5.92 Å². The van der Waals surface area contributed by atoms with Gasteiger partial charge in [-0.15, -0.1) is 0 Å². The highest BCUT2D eigenvalue weighted by Crippen LogP contribution is 2.26. The van der Waals surface area contributed by atoms with E-state index in [1.54, 1.807) is 22.2 Å². The quantitative estimate of drug-likeness (QED) is 0.667. The summed E-state index contributed by atoms with van der Waals surface area (Å²) in [5.74, 6) is -1.19. The fourth-order valence-electron chi connectivity index (χ4n) is 4.36. The lowest BCUT2D eigenvalue weighted by Gasteiger charge is -2.25. The van der Waals surface area contributed by atoms with Gasteiger partial charge in [-0.1, -0.05) is 30.3 Å². The van der Waals surface area contributed by atoms with E-state index >= 15 is 0 Å². The normalized spacial score (nSPS) is 19.0. The van der Waals surface area contributed by atoms with Crippen LogP contribution >= 0.6 is 0 Å². The van der Waals surface area contributed by atoms with Crippen LogP contribution in [0.5, 0.6) is 0 Å². The number of imide groups is 1. The Morgan fingerprint density at radius 2 is 1.94 bits per heavy atom. The van der Waals surface area contributed by atoms with Crippen molar-refractivity contribution in [2.45, 2.75) is 13.3 Å². The average molecular weight is 450 g/mol. The third kappa shape index (κ3) is 4.87. The van der Waals surface area contributed by atoms with Crippen LogP contribution in [0.25, 0.3) is 11.1 Å². The third-order valence-electron chi connectivity index (χ3n) is 6.16. The number of rotatable bonds is 6. The van der Waals surface area contributed by atoms with Gasteiger partial charge in [0.15, 0.2) is 0 Å². The number of carbonyl (C=O) groups excluding carboxylic acids is 4. The van der Waals surface area contributed by atoms with Gasteiger partial charge in [-0.2, -0.15) is 0 Å². The molecule has 33 heavy (non-hydrogen) atoms. The molecular formula is C24H27N5O4. The summed E-state index contributed by atoms with van der Waals surface area (Å²) in [4.78, 5) is 58.6. The zero-order valence-electron chi connectivity index (χ0n) is 18.6. The van der Waals surface area contributed by atoms with Crippen LogP contribution in [-0.2, 0) is 20.8 Å². The van der Waals surface area contributed by atoms with Crippen LogP contribution in [0.3, 0.4) is 0 Å². The molecular weight excluding hydrogens is 422 g/mol. The molecule has 0 saturated carbocycles. The van der Waals surface area contributed by atoms with Crippen molar-refractivity contribution in [3.8, 4) is 11.1 Å². The van der Waals surface area contributed by atoms with E-state index in [0.29, 0.717) is 26.1 Å². The summed E-state index contributed by atoms with van der Waals surface area (Å²) in [7, 11) is 0. The molecule has 3 heterocycles. The molecule has 2 aliphatic rings. The number of aromatic nitrogens is 1. The van der Waals surface area contributed by atoms with Crippen molar-refractivity contribution in [2.75, 3.05) is 39.3 Å². The second-order valence-electron chi connectivity index (χ2n) is 8.20. The first-order valence-electron chi connectivity index (χ1n) is 11.1. The SMILES string of the molecule is CCN1CCN(C(=O)CN2C(=O)CNC2=O)C[C@H](Cc2ccccc2-c2cccnc2)C1=O. The summed E-state index contributed by atoms with van der Waals surface area (Å²) in [6.45, 7) is 3.08. The van der Waals surface area contributed by atoms with Gasteiger partial charge in [0.25, 0.3) is 5.91 Å². The number of benzene rings is 1. The molecule has 172 valence electrons. The smallest absolute Gasteiger partial charge is 0.325 e. The van der Waals surface area contributed by atoms with Crippen molar-refractivity contribution in [3.63, 3.8) is 0 Å². The minimum Gasteiger partial charge on any atom is -0.341 e. The molecule has 0 radical (unpaired) electrons. The maximum Gasteiger partial charge on any atom is 0.325 e. The van der Waals surface area contributed by atoms with Crippen molar-refractivity contribution in [2.24, 2.45) is 5.92 Å². The zero-order valence-corrected chi connectivity index (χ0v) is 18.6. The Balaban J connectivity index is 1.56. The van der Waals surface area contributed by atoms with Crippen LogP contribution < -0.4 is 5.32 Å². The number of amides is 5. The molecule has 0 spiro atoms. The van der Waals surface area contributed by atoms with E-state index in [-0.39, 0.29) is 31.4 Å². The first-order valence-corrected chi connectivity index (χ1v) is 11.1. The van der Waals surface area contributed by atoms with Gasteiger partial charge in [0, 0.05) is 44.1 Å². The van der Waals surface area contributed by atoms with Crippen LogP contribution in [0.15, 0.2) is 48.8 Å². The van der Waals surface area contributed by atoms with E-state index in [4.69, 9.17) is 0 Å². The molecule has 2 saturated heterocycles. The Labute approximate surface area is 192 Å². The van der Waals surface area contributed by atoms with Crippen LogP contribution in [0.4, 0.5) is 4.79 Å². The Morgan fingerprint density at radius 1 is 1.12 bits per heavy atom.